The SMILES string of the molecule is CC(C(=O)NCC(F)(F)F)N(C)Cc1ccc(OC(F)F)cc1. The van der Waals surface area contributed by atoms with Crippen molar-refractivity contribution >= 4 is 5.91 Å². The van der Waals surface area contributed by atoms with E-state index in [0.717, 1.165) is 0 Å². The van der Waals surface area contributed by atoms with Gasteiger partial charge in [-0.2, -0.15) is 22.0 Å². The van der Waals surface area contributed by atoms with Crippen molar-refractivity contribution in [3.8, 4) is 5.75 Å². The zero-order chi connectivity index (χ0) is 17.6. The van der Waals surface area contributed by atoms with Crippen LogP contribution in [0.15, 0.2) is 24.3 Å². The summed E-state index contributed by atoms with van der Waals surface area (Å²) < 4.78 is 64.4. The van der Waals surface area contributed by atoms with Crippen molar-refractivity contribution in [2.75, 3.05) is 13.6 Å². The fourth-order valence-electron chi connectivity index (χ4n) is 1.74. The highest BCUT2D eigenvalue weighted by Gasteiger charge is 2.29. The van der Waals surface area contributed by atoms with Crippen LogP contribution in [0.1, 0.15) is 12.5 Å². The Morgan fingerprint density at radius 3 is 2.30 bits per heavy atom. The van der Waals surface area contributed by atoms with Crippen LogP contribution in [0.25, 0.3) is 0 Å². The third-order valence-electron chi connectivity index (χ3n) is 3.08. The van der Waals surface area contributed by atoms with E-state index in [2.05, 4.69) is 4.74 Å². The van der Waals surface area contributed by atoms with Crippen LogP contribution in [0.2, 0.25) is 0 Å². The molecule has 0 spiro atoms. The molecular weight excluding hydrogens is 323 g/mol. The van der Waals surface area contributed by atoms with Crippen LogP contribution in [-0.4, -0.2) is 43.2 Å². The molecule has 1 unspecified atom stereocenters. The number of benzene rings is 1. The summed E-state index contributed by atoms with van der Waals surface area (Å²) in [6.45, 7) is -2.57. The fraction of sp³-hybridized carbons (Fsp3) is 0.500. The maximum atomic E-state index is 12.1. The van der Waals surface area contributed by atoms with Gasteiger partial charge in [0.1, 0.15) is 12.3 Å². The second kappa shape index (κ2) is 8.09. The molecule has 0 saturated heterocycles. The number of alkyl halides is 5. The molecule has 130 valence electrons. The number of amides is 1. The van der Waals surface area contributed by atoms with Crippen LogP contribution >= 0.6 is 0 Å². The number of hydrogen-bond acceptors (Lipinski definition) is 3. The number of hydrogen-bond donors (Lipinski definition) is 1. The molecule has 1 amide bonds. The molecule has 0 bridgehead atoms. The zero-order valence-electron chi connectivity index (χ0n) is 12.5. The van der Waals surface area contributed by atoms with Gasteiger partial charge in [0.2, 0.25) is 5.91 Å². The fourth-order valence-corrected chi connectivity index (χ4v) is 1.74. The van der Waals surface area contributed by atoms with E-state index in [1.165, 1.54) is 36.1 Å². The first-order valence-electron chi connectivity index (χ1n) is 6.67. The molecule has 1 rings (SSSR count). The first kappa shape index (κ1) is 19.1. The number of carbonyl (C=O) groups is 1. The second-order valence-corrected chi connectivity index (χ2v) is 4.95. The molecule has 0 fully saturated rings. The van der Waals surface area contributed by atoms with Gasteiger partial charge < -0.3 is 10.1 Å². The van der Waals surface area contributed by atoms with Gasteiger partial charge in [-0.15, -0.1) is 0 Å². The van der Waals surface area contributed by atoms with Crippen LogP contribution in [0.3, 0.4) is 0 Å². The Hall–Kier alpha value is -1.90. The first-order chi connectivity index (χ1) is 10.6. The molecule has 4 nitrogen and oxygen atoms in total. The third-order valence-corrected chi connectivity index (χ3v) is 3.08. The summed E-state index contributed by atoms with van der Waals surface area (Å²) in [5.74, 6) is -0.746. The van der Waals surface area contributed by atoms with Gasteiger partial charge in [0.05, 0.1) is 6.04 Å². The lowest BCUT2D eigenvalue weighted by Crippen LogP contribution is -2.45. The van der Waals surface area contributed by atoms with Crippen LogP contribution in [0.4, 0.5) is 22.0 Å². The van der Waals surface area contributed by atoms with Gasteiger partial charge in [-0.25, -0.2) is 0 Å². The smallest absolute Gasteiger partial charge is 0.405 e. The summed E-state index contributed by atoms with van der Waals surface area (Å²) in [4.78, 5) is 13.2. The lowest BCUT2D eigenvalue weighted by Gasteiger charge is -2.24. The topological polar surface area (TPSA) is 41.6 Å². The Bertz CT molecular complexity index is 505. The lowest BCUT2D eigenvalue weighted by atomic mass is 10.2. The standard InChI is InChI=1S/C14H17F5N2O2/c1-9(12(22)20-8-14(17,18)19)21(2)7-10-3-5-11(6-4-10)23-13(15)16/h3-6,9,13H,7-8H2,1-2H3,(H,20,22). The Labute approximate surface area is 130 Å². The number of nitrogens with zero attached hydrogens (tertiary/aromatic N) is 1. The van der Waals surface area contributed by atoms with Gasteiger partial charge in [0.25, 0.3) is 0 Å². The van der Waals surface area contributed by atoms with E-state index in [4.69, 9.17) is 0 Å². The van der Waals surface area contributed by atoms with E-state index in [0.29, 0.717) is 5.56 Å². The molecule has 0 saturated carbocycles. The van der Waals surface area contributed by atoms with Crippen molar-refractivity contribution in [1.82, 2.24) is 10.2 Å². The average molecular weight is 340 g/mol. The van der Waals surface area contributed by atoms with Crippen molar-refractivity contribution < 1.29 is 31.5 Å². The normalized spacial score (nSPS) is 13.3. The van der Waals surface area contributed by atoms with E-state index < -0.39 is 31.3 Å². The zero-order valence-corrected chi connectivity index (χ0v) is 12.5. The average Bonchev–Trinajstić information content (AvgIpc) is 2.44. The van der Waals surface area contributed by atoms with E-state index in [-0.39, 0.29) is 12.3 Å². The molecule has 0 aliphatic carbocycles. The van der Waals surface area contributed by atoms with Gasteiger partial charge in [0.15, 0.2) is 0 Å². The number of carbonyl (C=O) groups excluding carboxylic acids is 1. The van der Waals surface area contributed by atoms with Crippen molar-refractivity contribution in [3.05, 3.63) is 29.8 Å². The summed E-state index contributed by atoms with van der Waals surface area (Å²) in [5, 5.41) is 1.81. The summed E-state index contributed by atoms with van der Waals surface area (Å²) in [5.41, 5.74) is 0.699. The van der Waals surface area contributed by atoms with Gasteiger partial charge in [-0.1, -0.05) is 12.1 Å². The minimum Gasteiger partial charge on any atom is -0.435 e. The van der Waals surface area contributed by atoms with E-state index in [1.807, 2.05) is 5.32 Å². The molecule has 0 aliphatic rings. The van der Waals surface area contributed by atoms with Gasteiger partial charge >= 0.3 is 12.8 Å². The molecular formula is C14H17F5N2O2. The maximum Gasteiger partial charge on any atom is 0.405 e. The predicted molar refractivity (Wildman–Crippen MR) is 73.1 cm³/mol. The van der Waals surface area contributed by atoms with Crippen molar-refractivity contribution in [3.63, 3.8) is 0 Å². The summed E-state index contributed by atoms with van der Waals surface area (Å²) in [6.07, 6.45) is -4.46. The monoisotopic (exact) mass is 340 g/mol. The minimum absolute atomic E-state index is 0.00220. The Morgan fingerprint density at radius 2 is 1.83 bits per heavy atom. The molecule has 0 radical (unpaired) electrons. The van der Waals surface area contributed by atoms with Crippen LogP contribution < -0.4 is 10.1 Å². The summed E-state index contributed by atoms with van der Waals surface area (Å²) >= 11 is 0. The van der Waals surface area contributed by atoms with Gasteiger partial charge in [0, 0.05) is 6.54 Å². The minimum atomic E-state index is -4.46. The largest absolute Gasteiger partial charge is 0.435 e. The molecule has 9 heteroatoms. The number of nitrogens with one attached hydrogen (secondary N) is 1. The van der Waals surface area contributed by atoms with E-state index in [9.17, 15) is 26.7 Å². The van der Waals surface area contributed by atoms with Crippen molar-refractivity contribution in [1.29, 1.82) is 0 Å². The molecule has 1 aromatic rings. The summed E-state index contributed by atoms with van der Waals surface area (Å²) in [6, 6.07) is 4.99. The maximum absolute atomic E-state index is 12.1. The molecule has 23 heavy (non-hydrogen) atoms. The second-order valence-electron chi connectivity index (χ2n) is 4.95. The number of ether oxygens (including phenoxy) is 1. The number of rotatable bonds is 7. The van der Waals surface area contributed by atoms with E-state index >= 15 is 0 Å². The van der Waals surface area contributed by atoms with Crippen LogP contribution in [-0.2, 0) is 11.3 Å². The molecule has 0 aliphatic heterocycles. The van der Waals surface area contributed by atoms with Crippen LogP contribution in [0.5, 0.6) is 5.75 Å². The van der Waals surface area contributed by atoms with Crippen molar-refractivity contribution in [2.45, 2.75) is 32.3 Å². The Balaban J connectivity index is 2.54. The Kier molecular flexibility index (Phi) is 6.74. The Morgan fingerprint density at radius 1 is 1.26 bits per heavy atom. The van der Waals surface area contributed by atoms with Crippen LogP contribution in [0, 0.1) is 0 Å². The number of halogens is 5. The molecule has 0 heterocycles. The molecule has 0 aromatic heterocycles. The highest BCUT2D eigenvalue weighted by molar-refractivity contribution is 5.81. The molecule has 1 aromatic carbocycles. The van der Waals surface area contributed by atoms with Gasteiger partial charge in [-0.3, -0.25) is 9.69 Å². The summed E-state index contributed by atoms with van der Waals surface area (Å²) in [7, 11) is 1.57. The predicted octanol–water partition coefficient (Wildman–Crippen LogP) is 2.79. The highest BCUT2D eigenvalue weighted by atomic mass is 19.4. The molecule has 1 N–H and O–H groups in total. The quantitative estimate of drug-likeness (QED) is 0.776. The molecule has 1 atom stereocenters. The van der Waals surface area contributed by atoms with Crippen molar-refractivity contribution in [2.24, 2.45) is 0 Å². The third kappa shape index (κ3) is 7.27. The lowest BCUT2D eigenvalue weighted by molar-refractivity contribution is -0.141. The number of likely N-dealkylation sites (N-methyl/N-ethyl adjacent to an activating group) is 1. The van der Waals surface area contributed by atoms with E-state index in [1.54, 1.807) is 7.05 Å². The van der Waals surface area contributed by atoms with Gasteiger partial charge in [-0.05, 0) is 31.7 Å². The highest BCUT2D eigenvalue weighted by Crippen LogP contribution is 2.16. The first-order valence-corrected chi connectivity index (χ1v) is 6.67.